The third-order valence-corrected chi connectivity index (χ3v) is 3.82. The monoisotopic (exact) mass is 238 g/mol. The van der Waals surface area contributed by atoms with Crippen LogP contribution >= 0.6 is 11.8 Å². The molecule has 1 aliphatic heterocycles. The lowest BCUT2D eigenvalue weighted by Crippen LogP contribution is -2.42. The molecule has 1 aromatic heterocycles. The molecule has 1 fully saturated rings. The lowest BCUT2D eigenvalue weighted by Gasteiger charge is -2.21. The Morgan fingerprint density at radius 3 is 3.19 bits per heavy atom. The van der Waals surface area contributed by atoms with Gasteiger partial charge < -0.3 is 10.4 Å². The first kappa shape index (κ1) is 11.4. The van der Waals surface area contributed by atoms with Gasteiger partial charge in [0.15, 0.2) is 0 Å². The highest BCUT2D eigenvalue weighted by Gasteiger charge is 2.31. The van der Waals surface area contributed by atoms with E-state index < -0.39 is 5.60 Å². The van der Waals surface area contributed by atoms with Gasteiger partial charge in [0, 0.05) is 24.7 Å². The Morgan fingerprint density at radius 1 is 1.69 bits per heavy atom. The van der Waals surface area contributed by atoms with Crippen LogP contribution in [-0.4, -0.2) is 39.6 Å². The summed E-state index contributed by atoms with van der Waals surface area (Å²) >= 11 is 1.71. The second-order valence-corrected chi connectivity index (χ2v) is 5.06. The molecule has 4 nitrogen and oxygen atoms in total. The number of rotatable bonds is 3. The van der Waals surface area contributed by atoms with E-state index in [1.54, 1.807) is 30.1 Å². The Bertz CT molecular complexity index is 364. The van der Waals surface area contributed by atoms with E-state index in [-0.39, 0.29) is 5.91 Å². The minimum absolute atomic E-state index is 0.182. The SMILES string of the molecule is O=C(NCC1(O)CCSC1)c1cccnc1. The lowest BCUT2D eigenvalue weighted by atomic mass is 10.0. The Labute approximate surface area is 98.5 Å². The minimum atomic E-state index is -0.734. The predicted molar refractivity (Wildman–Crippen MR) is 63.5 cm³/mol. The molecule has 2 N–H and O–H groups in total. The molecule has 0 saturated carbocycles. The average Bonchev–Trinajstić information content (AvgIpc) is 2.75. The molecule has 1 unspecified atom stereocenters. The zero-order chi connectivity index (χ0) is 11.4. The van der Waals surface area contributed by atoms with Crippen molar-refractivity contribution in [2.24, 2.45) is 0 Å². The molecule has 0 spiro atoms. The lowest BCUT2D eigenvalue weighted by molar-refractivity contribution is 0.0612. The fourth-order valence-corrected chi connectivity index (χ4v) is 2.87. The second-order valence-electron chi connectivity index (χ2n) is 3.95. The number of pyridine rings is 1. The summed E-state index contributed by atoms with van der Waals surface area (Å²) in [4.78, 5) is 15.5. The summed E-state index contributed by atoms with van der Waals surface area (Å²) in [6.07, 6.45) is 3.88. The molecule has 86 valence electrons. The van der Waals surface area contributed by atoms with Gasteiger partial charge in [-0.15, -0.1) is 0 Å². The highest BCUT2D eigenvalue weighted by molar-refractivity contribution is 7.99. The highest BCUT2D eigenvalue weighted by atomic mass is 32.2. The van der Waals surface area contributed by atoms with E-state index in [1.165, 1.54) is 6.20 Å². The molecule has 16 heavy (non-hydrogen) atoms. The van der Waals surface area contributed by atoms with Crippen LogP contribution in [-0.2, 0) is 0 Å². The summed E-state index contributed by atoms with van der Waals surface area (Å²) in [6.45, 7) is 0.313. The summed E-state index contributed by atoms with van der Waals surface area (Å²) in [7, 11) is 0. The number of nitrogens with zero attached hydrogens (tertiary/aromatic N) is 1. The molecule has 5 heteroatoms. The topological polar surface area (TPSA) is 62.2 Å². The highest BCUT2D eigenvalue weighted by Crippen LogP contribution is 2.26. The predicted octanol–water partition coefficient (Wildman–Crippen LogP) is 0.679. The standard InChI is InChI=1S/C11H14N2O2S/c14-10(9-2-1-4-12-6-9)13-7-11(15)3-5-16-8-11/h1-2,4,6,15H,3,5,7-8H2,(H,13,14). The van der Waals surface area contributed by atoms with Crippen LogP contribution < -0.4 is 5.32 Å². The third-order valence-electron chi connectivity index (χ3n) is 2.58. The van der Waals surface area contributed by atoms with Crippen LogP contribution in [0.2, 0.25) is 0 Å². The fraction of sp³-hybridized carbons (Fsp3) is 0.455. The number of aromatic nitrogens is 1. The van der Waals surface area contributed by atoms with E-state index in [4.69, 9.17) is 0 Å². The van der Waals surface area contributed by atoms with Gasteiger partial charge in [-0.1, -0.05) is 0 Å². The zero-order valence-electron chi connectivity index (χ0n) is 8.85. The molecule has 2 rings (SSSR count). The van der Waals surface area contributed by atoms with Crippen LogP contribution in [0.4, 0.5) is 0 Å². The van der Waals surface area contributed by atoms with Crippen molar-refractivity contribution >= 4 is 17.7 Å². The first-order chi connectivity index (χ1) is 7.70. The molecule has 1 saturated heterocycles. The van der Waals surface area contributed by atoms with Gasteiger partial charge in [-0.3, -0.25) is 9.78 Å². The first-order valence-corrected chi connectivity index (χ1v) is 6.33. The normalized spacial score (nSPS) is 24.3. The largest absolute Gasteiger partial charge is 0.387 e. The van der Waals surface area contributed by atoms with E-state index in [0.717, 1.165) is 12.2 Å². The van der Waals surface area contributed by atoms with Crippen molar-refractivity contribution in [3.8, 4) is 0 Å². The van der Waals surface area contributed by atoms with E-state index in [9.17, 15) is 9.90 Å². The van der Waals surface area contributed by atoms with Crippen LogP contribution in [0.3, 0.4) is 0 Å². The van der Waals surface area contributed by atoms with E-state index in [1.807, 2.05) is 0 Å². The zero-order valence-corrected chi connectivity index (χ0v) is 9.67. The van der Waals surface area contributed by atoms with Gasteiger partial charge in [-0.2, -0.15) is 11.8 Å². The van der Waals surface area contributed by atoms with Gasteiger partial charge in [0.05, 0.1) is 11.2 Å². The molecule has 0 aromatic carbocycles. The number of aliphatic hydroxyl groups is 1. The van der Waals surface area contributed by atoms with Crippen LogP contribution in [0.1, 0.15) is 16.8 Å². The maximum absolute atomic E-state index is 11.7. The molecule has 1 atom stereocenters. The molecular weight excluding hydrogens is 224 g/mol. The Hall–Kier alpha value is -1.07. The number of amides is 1. The number of carbonyl (C=O) groups is 1. The number of hydrogen-bond donors (Lipinski definition) is 2. The second kappa shape index (κ2) is 4.84. The fourth-order valence-electron chi connectivity index (χ4n) is 1.58. The molecule has 1 aliphatic rings. The number of hydrogen-bond acceptors (Lipinski definition) is 4. The first-order valence-electron chi connectivity index (χ1n) is 5.18. The van der Waals surface area contributed by atoms with Crippen LogP contribution in [0.25, 0.3) is 0 Å². The van der Waals surface area contributed by atoms with Crippen molar-refractivity contribution in [1.82, 2.24) is 10.3 Å². The molecule has 2 heterocycles. The van der Waals surface area contributed by atoms with Crippen molar-refractivity contribution in [2.75, 3.05) is 18.1 Å². The van der Waals surface area contributed by atoms with E-state index in [2.05, 4.69) is 10.3 Å². The Kier molecular flexibility index (Phi) is 3.46. The maximum Gasteiger partial charge on any atom is 0.252 e. The van der Waals surface area contributed by atoms with Crippen LogP contribution in [0, 0.1) is 0 Å². The molecule has 1 aromatic rings. The molecule has 0 radical (unpaired) electrons. The van der Waals surface area contributed by atoms with Gasteiger partial charge in [-0.25, -0.2) is 0 Å². The summed E-state index contributed by atoms with van der Waals surface area (Å²) in [5, 5.41) is 12.8. The molecular formula is C11H14N2O2S. The number of nitrogens with one attached hydrogen (secondary N) is 1. The van der Waals surface area contributed by atoms with Gasteiger partial charge in [-0.05, 0) is 24.3 Å². The van der Waals surface area contributed by atoms with Gasteiger partial charge >= 0.3 is 0 Å². The van der Waals surface area contributed by atoms with E-state index in [0.29, 0.717) is 17.9 Å². The van der Waals surface area contributed by atoms with Crippen LogP contribution in [0.5, 0.6) is 0 Å². The van der Waals surface area contributed by atoms with Crippen molar-refractivity contribution in [2.45, 2.75) is 12.0 Å². The Morgan fingerprint density at radius 2 is 2.56 bits per heavy atom. The van der Waals surface area contributed by atoms with Crippen molar-refractivity contribution in [3.05, 3.63) is 30.1 Å². The van der Waals surface area contributed by atoms with Crippen molar-refractivity contribution in [3.63, 3.8) is 0 Å². The summed E-state index contributed by atoms with van der Waals surface area (Å²) < 4.78 is 0. The molecule has 1 amide bonds. The summed E-state index contributed by atoms with van der Waals surface area (Å²) in [5.74, 6) is 1.47. The third kappa shape index (κ3) is 2.74. The Balaban J connectivity index is 1.89. The number of thioether (sulfide) groups is 1. The van der Waals surface area contributed by atoms with Crippen LogP contribution in [0.15, 0.2) is 24.5 Å². The summed E-state index contributed by atoms with van der Waals surface area (Å²) in [5.41, 5.74) is -0.209. The smallest absolute Gasteiger partial charge is 0.252 e. The maximum atomic E-state index is 11.7. The van der Waals surface area contributed by atoms with Gasteiger partial charge in [0.2, 0.25) is 0 Å². The number of carbonyl (C=O) groups excluding carboxylic acids is 1. The van der Waals surface area contributed by atoms with E-state index >= 15 is 0 Å². The minimum Gasteiger partial charge on any atom is -0.387 e. The van der Waals surface area contributed by atoms with Crippen molar-refractivity contribution < 1.29 is 9.90 Å². The molecule has 0 aliphatic carbocycles. The van der Waals surface area contributed by atoms with Crippen molar-refractivity contribution in [1.29, 1.82) is 0 Å². The summed E-state index contributed by atoms with van der Waals surface area (Å²) in [6, 6.07) is 3.42. The van der Waals surface area contributed by atoms with Gasteiger partial charge in [0.25, 0.3) is 5.91 Å². The average molecular weight is 238 g/mol. The quantitative estimate of drug-likeness (QED) is 0.813. The molecule has 0 bridgehead atoms. The van der Waals surface area contributed by atoms with Gasteiger partial charge in [0.1, 0.15) is 0 Å².